The van der Waals surface area contributed by atoms with Gasteiger partial charge in [0.25, 0.3) is 5.91 Å². The van der Waals surface area contributed by atoms with Crippen molar-refractivity contribution in [2.75, 3.05) is 14.2 Å². The molecule has 0 saturated carbocycles. The highest BCUT2D eigenvalue weighted by Gasteiger charge is 2.17. The first-order valence-corrected chi connectivity index (χ1v) is 8.08. The molecule has 6 nitrogen and oxygen atoms in total. The number of benzene rings is 2. The van der Waals surface area contributed by atoms with Crippen LogP contribution in [0.1, 0.15) is 28.9 Å². The van der Waals surface area contributed by atoms with Gasteiger partial charge in [0, 0.05) is 17.5 Å². The van der Waals surface area contributed by atoms with E-state index in [4.69, 9.17) is 13.9 Å². The van der Waals surface area contributed by atoms with E-state index >= 15 is 0 Å². The van der Waals surface area contributed by atoms with Crippen LogP contribution in [0.15, 0.2) is 57.7 Å². The minimum atomic E-state index is -0.593. The van der Waals surface area contributed by atoms with Crippen molar-refractivity contribution < 1.29 is 18.7 Å². The molecule has 1 amide bonds. The monoisotopic (exact) mass is 353 g/mol. The number of methoxy groups -OCH3 is 2. The second-order valence-corrected chi connectivity index (χ2v) is 5.81. The number of carbonyl (C=O) groups is 1. The van der Waals surface area contributed by atoms with Crippen molar-refractivity contribution in [3.63, 3.8) is 0 Å². The quantitative estimate of drug-likeness (QED) is 0.712. The molecule has 1 heterocycles. The van der Waals surface area contributed by atoms with Crippen molar-refractivity contribution in [1.82, 2.24) is 5.32 Å². The third-order valence-electron chi connectivity index (χ3n) is 4.14. The average Bonchev–Trinajstić information content (AvgIpc) is 2.66. The van der Waals surface area contributed by atoms with Gasteiger partial charge in [-0.25, -0.2) is 4.79 Å². The van der Waals surface area contributed by atoms with Gasteiger partial charge in [-0.15, -0.1) is 0 Å². The topological polar surface area (TPSA) is 77.8 Å². The lowest BCUT2D eigenvalue weighted by molar-refractivity contribution is 0.0941. The summed E-state index contributed by atoms with van der Waals surface area (Å²) >= 11 is 0. The van der Waals surface area contributed by atoms with Crippen molar-refractivity contribution in [3.05, 3.63) is 70.1 Å². The Morgan fingerprint density at radius 2 is 1.77 bits per heavy atom. The second kappa shape index (κ2) is 7.31. The largest absolute Gasteiger partial charge is 0.497 e. The summed E-state index contributed by atoms with van der Waals surface area (Å²) in [4.78, 5) is 24.6. The summed E-state index contributed by atoms with van der Waals surface area (Å²) < 4.78 is 15.5. The molecule has 0 saturated heterocycles. The van der Waals surface area contributed by atoms with E-state index in [9.17, 15) is 9.59 Å². The molecule has 0 radical (unpaired) electrons. The second-order valence-electron chi connectivity index (χ2n) is 5.81. The number of hydrogen-bond acceptors (Lipinski definition) is 5. The summed E-state index contributed by atoms with van der Waals surface area (Å²) in [6.45, 7) is 1.86. The minimum Gasteiger partial charge on any atom is -0.497 e. The van der Waals surface area contributed by atoms with Gasteiger partial charge >= 0.3 is 5.63 Å². The molecular weight excluding hydrogens is 334 g/mol. The Morgan fingerprint density at radius 3 is 2.50 bits per heavy atom. The Bertz CT molecular complexity index is 1010. The number of nitrogens with one attached hydrogen (secondary N) is 1. The van der Waals surface area contributed by atoms with E-state index in [-0.39, 0.29) is 17.5 Å². The van der Waals surface area contributed by atoms with Gasteiger partial charge in [-0.05, 0) is 36.8 Å². The molecule has 6 heteroatoms. The van der Waals surface area contributed by atoms with Gasteiger partial charge in [-0.1, -0.05) is 12.1 Å². The Morgan fingerprint density at radius 1 is 1.04 bits per heavy atom. The average molecular weight is 353 g/mol. The van der Waals surface area contributed by atoms with E-state index < -0.39 is 5.63 Å². The van der Waals surface area contributed by atoms with Gasteiger partial charge in [0.1, 0.15) is 17.1 Å². The Hall–Kier alpha value is -3.28. The van der Waals surface area contributed by atoms with Crippen molar-refractivity contribution >= 4 is 16.9 Å². The van der Waals surface area contributed by atoms with Gasteiger partial charge in [-0.3, -0.25) is 4.79 Å². The molecule has 1 N–H and O–H groups in total. The predicted molar refractivity (Wildman–Crippen MR) is 97.9 cm³/mol. The van der Waals surface area contributed by atoms with Crippen LogP contribution in [-0.4, -0.2) is 20.1 Å². The fraction of sp³-hybridized carbons (Fsp3) is 0.200. The number of carbonyl (C=O) groups excluding carboxylic acids is 1. The lowest BCUT2D eigenvalue weighted by Gasteiger charge is -2.16. The van der Waals surface area contributed by atoms with E-state index in [0.717, 1.165) is 5.56 Å². The Labute approximate surface area is 150 Å². The van der Waals surface area contributed by atoms with Crippen molar-refractivity contribution in [1.29, 1.82) is 0 Å². The number of fused-ring (bicyclic) bond motifs is 1. The van der Waals surface area contributed by atoms with Crippen molar-refractivity contribution in [3.8, 4) is 11.5 Å². The normalized spacial score (nSPS) is 11.8. The first-order valence-electron chi connectivity index (χ1n) is 8.08. The van der Waals surface area contributed by atoms with Crippen molar-refractivity contribution in [2.45, 2.75) is 13.0 Å². The molecule has 0 aliphatic carbocycles. The summed E-state index contributed by atoms with van der Waals surface area (Å²) in [7, 11) is 3.11. The minimum absolute atomic E-state index is 0.258. The van der Waals surface area contributed by atoms with E-state index in [0.29, 0.717) is 22.5 Å². The van der Waals surface area contributed by atoms with Gasteiger partial charge in [-0.2, -0.15) is 0 Å². The van der Waals surface area contributed by atoms with E-state index in [2.05, 4.69) is 5.32 Å². The van der Waals surface area contributed by atoms with Gasteiger partial charge in [0.05, 0.1) is 25.8 Å². The van der Waals surface area contributed by atoms with Gasteiger partial charge in [0.15, 0.2) is 0 Å². The first kappa shape index (κ1) is 17.5. The third kappa shape index (κ3) is 3.54. The molecule has 1 aromatic heterocycles. The molecule has 26 heavy (non-hydrogen) atoms. The van der Waals surface area contributed by atoms with Crippen LogP contribution in [0.5, 0.6) is 11.5 Å². The fourth-order valence-electron chi connectivity index (χ4n) is 2.73. The molecule has 0 fully saturated rings. The number of rotatable bonds is 5. The smallest absolute Gasteiger partial charge is 0.337 e. The summed E-state index contributed by atoms with van der Waals surface area (Å²) in [5.41, 5.74) is 0.862. The van der Waals surface area contributed by atoms with Crippen molar-refractivity contribution in [2.24, 2.45) is 0 Å². The molecule has 0 bridgehead atoms. The third-order valence-corrected chi connectivity index (χ3v) is 4.14. The van der Waals surface area contributed by atoms with Crippen LogP contribution in [0.25, 0.3) is 11.0 Å². The molecule has 3 aromatic rings. The first-order chi connectivity index (χ1) is 12.5. The van der Waals surface area contributed by atoms with Crippen LogP contribution in [0, 0.1) is 0 Å². The molecular formula is C20H19NO5. The maximum atomic E-state index is 12.7. The molecule has 0 spiro atoms. The van der Waals surface area contributed by atoms with Crippen LogP contribution in [-0.2, 0) is 0 Å². The van der Waals surface area contributed by atoms with E-state index in [1.54, 1.807) is 25.3 Å². The van der Waals surface area contributed by atoms with Crippen LogP contribution in [0.3, 0.4) is 0 Å². The number of amides is 1. The number of ether oxygens (including phenoxy) is 2. The number of hydrogen-bond donors (Lipinski definition) is 1. The molecule has 0 aliphatic rings. The molecule has 0 aliphatic heterocycles. The van der Waals surface area contributed by atoms with Crippen LogP contribution < -0.4 is 20.4 Å². The van der Waals surface area contributed by atoms with Crippen LogP contribution in [0.4, 0.5) is 0 Å². The van der Waals surface area contributed by atoms with E-state index in [1.807, 2.05) is 31.2 Å². The summed E-state index contributed by atoms with van der Waals surface area (Å²) in [6, 6.07) is 13.4. The molecule has 1 atom stereocenters. The molecule has 1 unspecified atom stereocenters. The maximum Gasteiger partial charge on any atom is 0.337 e. The highest BCUT2D eigenvalue weighted by molar-refractivity contribution is 6.05. The summed E-state index contributed by atoms with van der Waals surface area (Å²) in [5, 5.41) is 3.45. The van der Waals surface area contributed by atoms with Gasteiger partial charge < -0.3 is 19.2 Å². The lowest BCUT2D eigenvalue weighted by Crippen LogP contribution is -2.27. The van der Waals surface area contributed by atoms with Crippen LogP contribution in [0.2, 0.25) is 0 Å². The highest BCUT2D eigenvalue weighted by atomic mass is 16.5. The van der Waals surface area contributed by atoms with E-state index in [1.165, 1.54) is 13.2 Å². The zero-order valence-corrected chi connectivity index (χ0v) is 14.7. The highest BCUT2D eigenvalue weighted by Crippen LogP contribution is 2.24. The molecule has 3 rings (SSSR count). The standard InChI is InChI=1S/C20H19NO5/c1-12(13-5-4-6-14(9-13)24-2)21-20(23)17-11-19(22)26-18-10-15(25-3)7-8-16(17)18/h4-12H,1-3H3,(H,21,23). The fourth-order valence-corrected chi connectivity index (χ4v) is 2.73. The van der Waals surface area contributed by atoms with Gasteiger partial charge in [0.2, 0.25) is 0 Å². The summed E-state index contributed by atoms with van der Waals surface area (Å²) in [6.07, 6.45) is 0. The molecule has 134 valence electrons. The Balaban J connectivity index is 1.93. The SMILES string of the molecule is COc1cccc(C(C)NC(=O)c2cc(=O)oc3cc(OC)ccc23)c1. The molecule has 2 aromatic carbocycles. The Kier molecular flexibility index (Phi) is 4.93. The van der Waals surface area contributed by atoms with Crippen LogP contribution >= 0.6 is 0 Å². The predicted octanol–water partition coefficient (Wildman–Crippen LogP) is 3.30. The zero-order valence-electron chi connectivity index (χ0n) is 14.7. The zero-order chi connectivity index (χ0) is 18.7. The lowest BCUT2D eigenvalue weighted by atomic mass is 10.1. The summed E-state index contributed by atoms with van der Waals surface area (Å²) in [5.74, 6) is 0.896. The maximum absolute atomic E-state index is 12.7.